The fourth-order valence-electron chi connectivity index (χ4n) is 2.00. The van der Waals surface area contributed by atoms with Crippen molar-refractivity contribution in [1.29, 1.82) is 0 Å². The Morgan fingerprint density at radius 1 is 1.41 bits per heavy atom. The van der Waals surface area contributed by atoms with Gasteiger partial charge in [0.15, 0.2) is 11.5 Å². The number of benzene rings is 1. The summed E-state index contributed by atoms with van der Waals surface area (Å²) < 4.78 is 10.8. The number of hydrogen-bond donors (Lipinski definition) is 1. The number of carbonyl (C=O) groups is 1. The molecule has 0 saturated carbocycles. The maximum Gasteiger partial charge on any atom is 0.278 e. The molecule has 7 heteroatoms. The standard InChI is InChI=1S/C15H22N2O5/c1-10(18)6-5-7-22-15-9-13(17(19)20)12(11(2)16-3)8-14(15)21-4/h8-9,11,16H,5-7H2,1-4H3. The Balaban J connectivity index is 3.03. The van der Waals surface area contributed by atoms with Crippen molar-refractivity contribution in [2.45, 2.75) is 32.7 Å². The fraction of sp³-hybridized carbons (Fsp3) is 0.533. The Hall–Kier alpha value is -2.15. The second-order valence-electron chi connectivity index (χ2n) is 4.98. The van der Waals surface area contributed by atoms with Gasteiger partial charge in [-0.1, -0.05) is 0 Å². The molecular formula is C15H22N2O5. The monoisotopic (exact) mass is 310 g/mol. The van der Waals surface area contributed by atoms with Crippen LogP contribution in [0, 0.1) is 10.1 Å². The highest BCUT2D eigenvalue weighted by atomic mass is 16.6. The zero-order chi connectivity index (χ0) is 16.7. The quantitative estimate of drug-likeness (QED) is 0.428. The van der Waals surface area contributed by atoms with Crippen molar-refractivity contribution in [2.24, 2.45) is 0 Å². The van der Waals surface area contributed by atoms with E-state index in [1.165, 1.54) is 20.1 Å². The van der Waals surface area contributed by atoms with Crippen molar-refractivity contribution < 1.29 is 19.2 Å². The van der Waals surface area contributed by atoms with Gasteiger partial charge in [-0.3, -0.25) is 10.1 Å². The van der Waals surface area contributed by atoms with Crippen LogP contribution in [0.1, 0.15) is 38.3 Å². The molecule has 1 aromatic rings. The molecule has 22 heavy (non-hydrogen) atoms. The van der Waals surface area contributed by atoms with Crippen LogP contribution in [-0.4, -0.2) is 31.5 Å². The van der Waals surface area contributed by atoms with E-state index in [9.17, 15) is 14.9 Å². The third-order valence-corrected chi connectivity index (χ3v) is 3.34. The molecule has 0 aliphatic rings. The first-order valence-electron chi connectivity index (χ1n) is 7.06. The van der Waals surface area contributed by atoms with Crippen LogP contribution < -0.4 is 14.8 Å². The first kappa shape index (κ1) is 17.9. The van der Waals surface area contributed by atoms with Crippen LogP contribution in [0.4, 0.5) is 5.69 Å². The summed E-state index contributed by atoms with van der Waals surface area (Å²) in [5, 5.41) is 14.2. The normalized spacial score (nSPS) is 11.8. The highest BCUT2D eigenvalue weighted by Crippen LogP contribution is 2.37. The van der Waals surface area contributed by atoms with Crippen LogP contribution >= 0.6 is 0 Å². The Morgan fingerprint density at radius 2 is 2.09 bits per heavy atom. The van der Waals surface area contributed by atoms with Gasteiger partial charge < -0.3 is 19.6 Å². The van der Waals surface area contributed by atoms with Crippen molar-refractivity contribution in [1.82, 2.24) is 5.32 Å². The van der Waals surface area contributed by atoms with Gasteiger partial charge in [0, 0.05) is 12.5 Å². The molecule has 0 bridgehead atoms. The summed E-state index contributed by atoms with van der Waals surface area (Å²) in [6, 6.07) is 2.79. The highest BCUT2D eigenvalue weighted by molar-refractivity contribution is 5.75. The maximum absolute atomic E-state index is 11.3. The number of nitrogens with one attached hydrogen (secondary N) is 1. The summed E-state index contributed by atoms with van der Waals surface area (Å²) in [5.41, 5.74) is 0.504. The smallest absolute Gasteiger partial charge is 0.278 e. The summed E-state index contributed by atoms with van der Waals surface area (Å²) in [7, 11) is 3.21. The molecule has 0 amide bonds. The molecular weight excluding hydrogens is 288 g/mol. The Bertz CT molecular complexity index is 545. The molecule has 0 aliphatic carbocycles. The number of nitro groups is 1. The summed E-state index contributed by atoms with van der Waals surface area (Å²) in [4.78, 5) is 21.7. The van der Waals surface area contributed by atoms with Gasteiger partial charge in [-0.25, -0.2) is 0 Å². The van der Waals surface area contributed by atoms with E-state index in [2.05, 4.69) is 5.32 Å². The van der Waals surface area contributed by atoms with E-state index in [4.69, 9.17) is 9.47 Å². The van der Waals surface area contributed by atoms with Gasteiger partial charge in [0.25, 0.3) is 5.69 Å². The first-order chi connectivity index (χ1) is 10.4. The topological polar surface area (TPSA) is 90.7 Å². The summed E-state index contributed by atoms with van der Waals surface area (Å²) in [6.45, 7) is 3.64. The van der Waals surface area contributed by atoms with Crippen molar-refractivity contribution >= 4 is 11.5 Å². The lowest BCUT2D eigenvalue weighted by Gasteiger charge is -2.16. The van der Waals surface area contributed by atoms with E-state index in [1.807, 2.05) is 6.92 Å². The van der Waals surface area contributed by atoms with Crippen LogP contribution in [0.5, 0.6) is 11.5 Å². The van der Waals surface area contributed by atoms with Crippen LogP contribution in [0.15, 0.2) is 12.1 Å². The van der Waals surface area contributed by atoms with E-state index in [0.29, 0.717) is 36.5 Å². The Morgan fingerprint density at radius 3 is 2.59 bits per heavy atom. The second-order valence-corrected chi connectivity index (χ2v) is 4.98. The Labute approximate surface area is 129 Å². The van der Waals surface area contributed by atoms with Crippen molar-refractivity contribution in [3.8, 4) is 11.5 Å². The van der Waals surface area contributed by atoms with Crippen molar-refractivity contribution in [2.75, 3.05) is 20.8 Å². The van der Waals surface area contributed by atoms with E-state index in [1.54, 1.807) is 13.1 Å². The Kier molecular flexibility index (Phi) is 6.78. The van der Waals surface area contributed by atoms with Gasteiger partial charge in [-0.15, -0.1) is 0 Å². The molecule has 7 nitrogen and oxygen atoms in total. The fourth-order valence-corrected chi connectivity index (χ4v) is 2.00. The second kappa shape index (κ2) is 8.33. The van der Waals surface area contributed by atoms with Gasteiger partial charge in [0.2, 0.25) is 0 Å². The van der Waals surface area contributed by atoms with Gasteiger partial charge in [0.1, 0.15) is 5.78 Å². The van der Waals surface area contributed by atoms with E-state index in [0.717, 1.165) is 0 Å². The number of methoxy groups -OCH3 is 1. The minimum atomic E-state index is -0.439. The predicted octanol–water partition coefficient (Wildman–Crippen LogP) is 2.63. The number of hydrogen-bond acceptors (Lipinski definition) is 6. The molecule has 0 aromatic heterocycles. The lowest BCUT2D eigenvalue weighted by Crippen LogP contribution is -2.14. The number of nitro benzene ring substituents is 1. The first-order valence-corrected chi connectivity index (χ1v) is 7.06. The van der Waals surface area contributed by atoms with Crippen LogP contribution in [0.2, 0.25) is 0 Å². The largest absolute Gasteiger partial charge is 0.493 e. The number of ether oxygens (including phenoxy) is 2. The molecule has 0 aliphatic heterocycles. The average molecular weight is 310 g/mol. The molecule has 0 fully saturated rings. The number of carbonyl (C=O) groups excluding carboxylic acids is 1. The number of nitrogens with zero attached hydrogens (tertiary/aromatic N) is 1. The van der Waals surface area contributed by atoms with Crippen molar-refractivity contribution in [3.63, 3.8) is 0 Å². The van der Waals surface area contributed by atoms with Gasteiger partial charge >= 0.3 is 0 Å². The summed E-state index contributed by atoms with van der Waals surface area (Å²) >= 11 is 0. The molecule has 1 atom stereocenters. The molecule has 0 heterocycles. The van der Waals surface area contributed by atoms with E-state index >= 15 is 0 Å². The number of rotatable bonds is 9. The zero-order valence-corrected chi connectivity index (χ0v) is 13.3. The van der Waals surface area contributed by atoms with Gasteiger partial charge in [-0.05, 0) is 33.4 Å². The predicted molar refractivity (Wildman–Crippen MR) is 82.5 cm³/mol. The molecule has 0 radical (unpaired) electrons. The van der Waals surface area contributed by atoms with Gasteiger partial charge in [0.05, 0.1) is 30.3 Å². The van der Waals surface area contributed by atoms with Crippen LogP contribution in [0.3, 0.4) is 0 Å². The number of Topliss-reactive ketones (excluding diaryl/α,β-unsaturated/α-hetero) is 1. The minimum absolute atomic E-state index is 0.0239. The van der Waals surface area contributed by atoms with E-state index < -0.39 is 4.92 Å². The van der Waals surface area contributed by atoms with E-state index in [-0.39, 0.29) is 17.5 Å². The van der Waals surface area contributed by atoms with Gasteiger partial charge in [-0.2, -0.15) is 0 Å². The third kappa shape index (κ3) is 4.70. The lowest BCUT2D eigenvalue weighted by molar-refractivity contribution is -0.385. The molecule has 122 valence electrons. The van der Waals surface area contributed by atoms with Crippen molar-refractivity contribution in [3.05, 3.63) is 27.8 Å². The summed E-state index contributed by atoms with van der Waals surface area (Å²) in [5.74, 6) is 0.829. The highest BCUT2D eigenvalue weighted by Gasteiger charge is 2.22. The molecule has 0 saturated heterocycles. The molecule has 1 unspecified atom stereocenters. The van der Waals surface area contributed by atoms with Crippen LogP contribution in [0.25, 0.3) is 0 Å². The minimum Gasteiger partial charge on any atom is -0.493 e. The molecule has 0 spiro atoms. The lowest BCUT2D eigenvalue weighted by atomic mass is 10.1. The molecule has 1 aromatic carbocycles. The number of ketones is 1. The molecule has 1 N–H and O–H groups in total. The molecule has 1 rings (SSSR count). The maximum atomic E-state index is 11.3. The average Bonchev–Trinajstić information content (AvgIpc) is 2.49. The summed E-state index contributed by atoms with van der Waals surface area (Å²) in [6.07, 6.45) is 0.972. The SMILES string of the molecule is CNC(C)c1cc(OC)c(OCCCC(C)=O)cc1[N+](=O)[O-]. The third-order valence-electron chi connectivity index (χ3n) is 3.34. The zero-order valence-electron chi connectivity index (χ0n) is 13.3. The van der Waals surface area contributed by atoms with Crippen LogP contribution in [-0.2, 0) is 4.79 Å².